The van der Waals surface area contributed by atoms with Gasteiger partial charge < -0.3 is 18.9 Å². The first kappa shape index (κ1) is 17.3. The molecule has 4 rings (SSSR count). The summed E-state index contributed by atoms with van der Waals surface area (Å²) in [6.45, 7) is 6.59. The molecule has 0 bridgehead atoms. The van der Waals surface area contributed by atoms with E-state index in [1.54, 1.807) is 0 Å². The molecule has 4 heteroatoms. The second-order valence-electron chi connectivity index (χ2n) is 6.61. The maximum Gasteiger partial charge on any atom is 0.161 e. The van der Waals surface area contributed by atoms with Crippen LogP contribution in [-0.2, 0) is 9.47 Å². The smallest absolute Gasteiger partial charge is 0.161 e. The predicted octanol–water partition coefficient (Wildman–Crippen LogP) is 3.99. The predicted molar refractivity (Wildman–Crippen MR) is 93.7 cm³/mol. The average Bonchev–Trinajstić information content (AvgIpc) is 3.55. The summed E-state index contributed by atoms with van der Waals surface area (Å²) in [5.41, 5.74) is 0. The van der Waals surface area contributed by atoms with E-state index in [0.29, 0.717) is 13.2 Å². The number of hydrogen-bond acceptors (Lipinski definition) is 4. The van der Waals surface area contributed by atoms with E-state index in [-0.39, 0.29) is 12.2 Å². The first-order valence-electron chi connectivity index (χ1n) is 9.05. The second-order valence-corrected chi connectivity index (χ2v) is 6.61. The number of allylic oxidation sites excluding steroid dienone is 1. The maximum atomic E-state index is 5.62. The van der Waals surface area contributed by atoms with Gasteiger partial charge in [0.2, 0.25) is 0 Å². The molecule has 3 fully saturated rings. The molecular formula is C20H28O4. The van der Waals surface area contributed by atoms with Gasteiger partial charge in [0.1, 0.15) is 25.4 Å². The zero-order valence-corrected chi connectivity index (χ0v) is 14.3. The molecule has 0 aromatic heterocycles. The molecule has 0 amide bonds. The van der Waals surface area contributed by atoms with Crippen molar-refractivity contribution in [2.75, 3.05) is 26.4 Å². The maximum absolute atomic E-state index is 5.62. The van der Waals surface area contributed by atoms with E-state index in [1.165, 1.54) is 32.1 Å². The Morgan fingerprint density at radius 1 is 0.917 bits per heavy atom. The zero-order chi connectivity index (χ0) is 16.6. The van der Waals surface area contributed by atoms with Crippen LogP contribution < -0.4 is 9.47 Å². The fourth-order valence-corrected chi connectivity index (χ4v) is 2.75. The normalized spacial score (nSPS) is 25.2. The van der Waals surface area contributed by atoms with Gasteiger partial charge >= 0.3 is 0 Å². The van der Waals surface area contributed by atoms with Crippen LogP contribution in [-0.4, -0.2) is 38.6 Å². The van der Waals surface area contributed by atoms with Crippen LogP contribution in [0.1, 0.15) is 32.1 Å². The summed E-state index contributed by atoms with van der Waals surface area (Å²) in [7, 11) is 0. The van der Waals surface area contributed by atoms with Crippen LogP contribution in [0.5, 0.6) is 11.5 Å². The Morgan fingerprint density at radius 3 is 1.79 bits per heavy atom. The van der Waals surface area contributed by atoms with Gasteiger partial charge in [0.05, 0.1) is 13.2 Å². The van der Waals surface area contributed by atoms with E-state index in [4.69, 9.17) is 18.9 Å². The molecule has 0 radical (unpaired) electrons. The molecule has 24 heavy (non-hydrogen) atoms. The van der Waals surface area contributed by atoms with Crippen molar-refractivity contribution >= 4 is 0 Å². The van der Waals surface area contributed by atoms with Gasteiger partial charge in [0, 0.05) is 0 Å². The topological polar surface area (TPSA) is 43.5 Å². The number of para-hydroxylation sites is 2. The summed E-state index contributed by atoms with van der Waals surface area (Å²) >= 11 is 0. The van der Waals surface area contributed by atoms with Gasteiger partial charge in [-0.15, -0.1) is 6.58 Å². The summed E-state index contributed by atoms with van der Waals surface area (Å²) in [4.78, 5) is 0. The van der Waals surface area contributed by atoms with E-state index in [2.05, 4.69) is 12.7 Å². The monoisotopic (exact) mass is 332 g/mol. The summed E-state index contributed by atoms with van der Waals surface area (Å²) in [5.74, 6) is 2.40. The van der Waals surface area contributed by atoms with Crippen LogP contribution in [0, 0.1) is 5.92 Å². The van der Waals surface area contributed by atoms with Crippen molar-refractivity contribution in [1.29, 1.82) is 0 Å². The van der Waals surface area contributed by atoms with Crippen molar-refractivity contribution in [3.63, 3.8) is 0 Å². The molecule has 2 heterocycles. The fraction of sp³-hybridized carbons (Fsp3) is 0.600. The first-order valence-corrected chi connectivity index (χ1v) is 9.05. The molecule has 0 spiro atoms. The Kier molecular flexibility index (Phi) is 6.56. The van der Waals surface area contributed by atoms with Crippen molar-refractivity contribution in [3.8, 4) is 11.5 Å². The molecule has 2 atom stereocenters. The largest absolute Gasteiger partial charge is 0.487 e. The standard InChI is InChI=1S/C12H14O4.C8H14/c1-2-4-12(16-8-10-6-14-10)11(3-1)15-7-9-5-13-9;1-2-8-6-4-3-5-7-8/h1-4,9-10H,5-8H2;2,8H,1,3-7H2. The van der Waals surface area contributed by atoms with Gasteiger partial charge in [-0.3, -0.25) is 0 Å². The molecule has 0 N–H and O–H groups in total. The molecule has 1 aromatic carbocycles. The van der Waals surface area contributed by atoms with Crippen LogP contribution in [0.25, 0.3) is 0 Å². The van der Waals surface area contributed by atoms with Crippen LogP contribution in [0.15, 0.2) is 36.9 Å². The minimum atomic E-state index is 0.264. The van der Waals surface area contributed by atoms with Crippen molar-refractivity contribution < 1.29 is 18.9 Å². The number of benzene rings is 1. The summed E-state index contributed by atoms with van der Waals surface area (Å²) in [5, 5.41) is 0. The second kappa shape index (κ2) is 9.09. The number of ether oxygens (including phenoxy) is 4. The Bertz CT molecular complexity index is 467. The van der Waals surface area contributed by atoms with Crippen LogP contribution in [0.2, 0.25) is 0 Å². The number of epoxide rings is 2. The summed E-state index contributed by atoms with van der Waals surface area (Å²) in [6, 6.07) is 7.68. The highest BCUT2D eigenvalue weighted by atomic mass is 16.6. The lowest BCUT2D eigenvalue weighted by atomic mass is 9.90. The third-order valence-corrected chi connectivity index (χ3v) is 4.49. The highest BCUT2D eigenvalue weighted by Crippen LogP contribution is 2.28. The van der Waals surface area contributed by atoms with E-state index in [1.807, 2.05) is 24.3 Å². The van der Waals surface area contributed by atoms with Gasteiger partial charge in [0.25, 0.3) is 0 Å². The molecule has 4 nitrogen and oxygen atoms in total. The quantitative estimate of drug-likeness (QED) is 0.559. The Balaban J connectivity index is 0.000000179. The van der Waals surface area contributed by atoms with E-state index in [0.717, 1.165) is 30.6 Å². The van der Waals surface area contributed by atoms with Crippen molar-refractivity contribution in [2.24, 2.45) is 5.92 Å². The molecule has 2 aliphatic heterocycles. The number of rotatable bonds is 7. The van der Waals surface area contributed by atoms with Crippen LogP contribution in [0.3, 0.4) is 0 Å². The lowest BCUT2D eigenvalue weighted by Gasteiger charge is -2.16. The molecule has 1 aromatic rings. The van der Waals surface area contributed by atoms with Gasteiger partial charge in [-0.05, 0) is 30.9 Å². The molecular weight excluding hydrogens is 304 g/mol. The molecule has 2 saturated heterocycles. The molecule has 132 valence electrons. The molecule has 2 unspecified atom stereocenters. The van der Waals surface area contributed by atoms with E-state index >= 15 is 0 Å². The van der Waals surface area contributed by atoms with Crippen LogP contribution in [0.4, 0.5) is 0 Å². The van der Waals surface area contributed by atoms with Crippen LogP contribution >= 0.6 is 0 Å². The summed E-state index contributed by atoms with van der Waals surface area (Å²) < 4.78 is 21.4. The van der Waals surface area contributed by atoms with E-state index < -0.39 is 0 Å². The Labute approximate surface area is 144 Å². The minimum absolute atomic E-state index is 0.264. The van der Waals surface area contributed by atoms with Gasteiger partial charge in [-0.2, -0.15) is 0 Å². The van der Waals surface area contributed by atoms with Crippen molar-refractivity contribution in [1.82, 2.24) is 0 Å². The van der Waals surface area contributed by atoms with Gasteiger partial charge in [-0.1, -0.05) is 37.5 Å². The Morgan fingerprint density at radius 2 is 1.42 bits per heavy atom. The Hall–Kier alpha value is -1.52. The van der Waals surface area contributed by atoms with Gasteiger partial charge in [0.15, 0.2) is 11.5 Å². The molecule has 1 saturated carbocycles. The lowest BCUT2D eigenvalue weighted by molar-refractivity contribution is 0.228. The fourth-order valence-electron chi connectivity index (χ4n) is 2.75. The molecule has 3 aliphatic rings. The first-order chi connectivity index (χ1) is 11.8. The highest BCUT2D eigenvalue weighted by Gasteiger charge is 2.25. The van der Waals surface area contributed by atoms with Crippen molar-refractivity contribution in [3.05, 3.63) is 36.9 Å². The lowest BCUT2D eigenvalue weighted by Crippen LogP contribution is -2.08. The third kappa shape index (κ3) is 6.17. The summed E-state index contributed by atoms with van der Waals surface area (Å²) in [6.07, 6.45) is 9.73. The molecule has 1 aliphatic carbocycles. The van der Waals surface area contributed by atoms with Gasteiger partial charge in [-0.25, -0.2) is 0 Å². The highest BCUT2D eigenvalue weighted by molar-refractivity contribution is 5.39. The third-order valence-electron chi connectivity index (χ3n) is 4.49. The van der Waals surface area contributed by atoms with E-state index in [9.17, 15) is 0 Å². The average molecular weight is 332 g/mol. The SMILES string of the molecule is C=CC1CCCCC1.c1ccc(OCC2CO2)c(OCC2CO2)c1. The number of hydrogen-bond donors (Lipinski definition) is 0. The minimum Gasteiger partial charge on any atom is -0.487 e. The van der Waals surface area contributed by atoms with Crippen molar-refractivity contribution in [2.45, 2.75) is 44.3 Å². The zero-order valence-electron chi connectivity index (χ0n) is 14.3.